The Labute approximate surface area is 188 Å². The van der Waals surface area contributed by atoms with Crippen LogP contribution in [0.2, 0.25) is 0 Å². The van der Waals surface area contributed by atoms with Gasteiger partial charge in [0.15, 0.2) is 5.75 Å². The molecule has 0 atom stereocenters. The number of rotatable bonds is 7. The van der Waals surface area contributed by atoms with Crippen molar-refractivity contribution < 1.29 is 18.7 Å². The quantitative estimate of drug-likeness (QED) is 0.508. The zero-order valence-electron chi connectivity index (χ0n) is 17.3. The molecule has 0 bridgehead atoms. The van der Waals surface area contributed by atoms with Crippen molar-refractivity contribution in [3.8, 4) is 11.8 Å². The summed E-state index contributed by atoms with van der Waals surface area (Å²) in [4.78, 5) is 32.2. The molecule has 0 spiro atoms. The lowest BCUT2D eigenvalue weighted by Crippen LogP contribution is -2.49. The van der Waals surface area contributed by atoms with Crippen LogP contribution >= 0.6 is 0 Å². The third-order valence-corrected chi connectivity index (χ3v) is 5.08. The molecular formula is C23H19FN6O3. The van der Waals surface area contributed by atoms with E-state index in [2.05, 4.69) is 25.9 Å². The maximum Gasteiger partial charge on any atom is 0.413 e. The van der Waals surface area contributed by atoms with Gasteiger partial charge in [-0.15, -0.1) is 0 Å². The lowest BCUT2D eigenvalue weighted by Gasteiger charge is -2.17. The van der Waals surface area contributed by atoms with Gasteiger partial charge in [-0.2, -0.15) is 5.26 Å². The molecule has 0 aliphatic heterocycles. The third-order valence-electron chi connectivity index (χ3n) is 5.08. The van der Waals surface area contributed by atoms with Gasteiger partial charge < -0.3 is 20.7 Å². The fourth-order valence-corrected chi connectivity index (χ4v) is 3.15. The highest BCUT2D eigenvalue weighted by atomic mass is 19.1. The zero-order chi connectivity index (χ0) is 23.3. The minimum atomic E-state index is -0.987. The second-order valence-electron chi connectivity index (χ2n) is 7.45. The molecule has 0 radical (unpaired) electrons. The number of benzene rings is 2. The lowest BCUT2D eigenvalue weighted by atomic mass is 10.1. The molecule has 2 aromatic carbocycles. The number of ether oxygens (including phenoxy) is 1. The highest BCUT2D eigenvalue weighted by Gasteiger charge is 2.51. The Morgan fingerprint density at radius 3 is 2.52 bits per heavy atom. The molecule has 2 amide bonds. The van der Waals surface area contributed by atoms with Gasteiger partial charge in [0.05, 0.1) is 18.1 Å². The average molecular weight is 446 g/mol. The Bertz CT molecular complexity index is 1210. The van der Waals surface area contributed by atoms with Crippen LogP contribution < -0.4 is 20.7 Å². The Balaban J connectivity index is 1.30. The molecule has 1 aliphatic carbocycles. The number of hydrogen-bond acceptors (Lipinski definition) is 7. The number of nitrogens with zero attached hydrogens (tertiary/aromatic N) is 3. The van der Waals surface area contributed by atoms with Gasteiger partial charge in [0.25, 0.3) is 0 Å². The highest BCUT2D eigenvalue weighted by Crippen LogP contribution is 2.35. The number of nitrogens with one attached hydrogen (secondary N) is 3. The first-order valence-corrected chi connectivity index (χ1v) is 10.1. The number of hydrogen-bond donors (Lipinski definition) is 3. The van der Waals surface area contributed by atoms with Gasteiger partial charge in [-0.1, -0.05) is 18.2 Å². The molecule has 1 fully saturated rings. The van der Waals surface area contributed by atoms with Crippen molar-refractivity contribution in [3.63, 3.8) is 0 Å². The van der Waals surface area contributed by atoms with Crippen LogP contribution in [0.15, 0.2) is 61.2 Å². The first-order chi connectivity index (χ1) is 16.0. The SMILES string of the molecule is N#Cc1c(F)cccc1Nc1ccc(CNC(=O)C2(NC(=O)Oc3cncnc3)CC2)cc1. The van der Waals surface area contributed by atoms with Crippen LogP contribution in [0.25, 0.3) is 0 Å². The molecule has 0 unspecified atom stereocenters. The van der Waals surface area contributed by atoms with E-state index in [1.54, 1.807) is 30.3 Å². The molecule has 166 valence electrons. The highest BCUT2D eigenvalue weighted by molar-refractivity contribution is 5.93. The summed E-state index contributed by atoms with van der Waals surface area (Å²) in [5.41, 5.74) is 0.816. The van der Waals surface area contributed by atoms with E-state index in [1.165, 1.54) is 30.9 Å². The van der Waals surface area contributed by atoms with Gasteiger partial charge in [0.2, 0.25) is 5.91 Å². The minimum Gasteiger partial charge on any atom is -0.407 e. The Morgan fingerprint density at radius 1 is 1.12 bits per heavy atom. The third kappa shape index (κ3) is 5.22. The Hall–Kier alpha value is -4.52. The normalized spacial score (nSPS) is 13.3. The molecule has 0 saturated heterocycles. The molecule has 9 nitrogen and oxygen atoms in total. The van der Waals surface area contributed by atoms with Crippen LogP contribution in [-0.4, -0.2) is 27.5 Å². The monoisotopic (exact) mass is 446 g/mol. The second-order valence-corrected chi connectivity index (χ2v) is 7.45. The van der Waals surface area contributed by atoms with Gasteiger partial charge in [-0.3, -0.25) is 4.79 Å². The molecule has 1 aromatic heterocycles. The summed E-state index contributed by atoms with van der Waals surface area (Å²) in [5, 5.41) is 17.6. The molecule has 1 saturated carbocycles. The van der Waals surface area contributed by atoms with Crippen LogP contribution in [-0.2, 0) is 11.3 Å². The van der Waals surface area contributed by atoms with E-state index >= 15 is 0 Å². The Morgan fingerprint density at radius 2 is 1.85 bits per heavy atom. The summed E-state index contributed by atoms with van der Waals surface area (Å²) in [7, 11) is 0. The van der Waals surface area contributed by atoms with Crippen molar-refractivity contribution in [2.45, 2.75) is 24.9 Å². The van der Waals surface area contributed by atoms with E-state index in [9.17, 15) is 14.0 Å². The maximum absolute atomic E-state index is 13.7. The largest absolute Gasteiger partial charge is 0.413 e. The molecule has 4 rings (SSSR count). The number of aromatic nitrogens is 2. The molecule has 1 aliphatic rings. The van der Waals surface area contributed by atoms with Crippen LogP contribution in [0.1, 0.15) is 24.0 Å². The predicted octanol–water partition coefficient (Wildman–Crippen LogP) is 3.17. The lowest BCUT2D eigenvalue weighted by molar-refractivity contribution is -0.124. The van der Waals surface area contributed by atoms with Crippen molar-refractivity contribution in [1.82, 2.24) is 20.6 Å². The molecule has 3 N–H and O–H groups in total. The fraction of sp³-hybridized carbons (Fsp3) is 0.174. The second kappa shape index (κ2) is 9.32. The first-order valence-electron chi connectivity index (χ1n) is 10.1. The smallest absolute Gasteiger partial charge is 0.407 e. The molecule has 33 heavy (non-hydrogen) atoms. The maximum atomic E-state index is 13.7. The van der Waals surface area contributed by atoms with Gasteiger partial charge in [0, 0.05) is 12.2 Å². The van der Waals surface area contributed by atoms with E-state index in [4.69, 9.17) is 10.00 Å². The van der Waals surface area contributed by atoms with Gasteiger partial charge in [-0.05, 0) is 42.7 Å². The van der Waals surface area contributed by atoms with Gasteiger partial charge in [-0.25, -0.2) is 19.2 Å². The number of halogens is 1. The topological polar surface area (TPSA) is 129 Å². The van der Waals surface area contributed by atoms with Crippen LogP contribution in [0.3, 0.4) is 0 Å². The van der Waals surface area contributed by atoms with E-state index in [0.717, 1.165) is 5.56 Å². The standard InChI is InChI=1S/C23H19FN6O3/c24-19-2-1-3-20(18(19)10-25)29-16-6-4-15(5-7-16)11-28-21(31)23(8-9-23)30-22(32)33-17-12-26-14-27-13-17/h1-7,12-14,29H,8-9,11H2,(H,28,31)(H,30,32). The summed E-state index contributed by atoms with van der Waals surface area (Å²) < 4.78 is 18.8. The Kier molecular flexibility index (Phi) is 6.13. The molecule has 1 heterocycles. The van der Waals surface area contributed by atoms with E-state index in [0.29, 0.717) is 24.2 Å². The number of carbonyl (C=O) groups is 2. The molecule has 10 heteroatoms. The van der Waals surface area contributed by atoms with Crippen molar-refractivity contribution >= 4 is 23.4 Å². The van der Waals surface area contributed by atoms with E-state index in [-0.39, 0.29) is 23.8 Å². The van der Waals surface area contributed by atoms with Crippen LogP contribution in [0.4, 0.5) is 20.6 Å². The summed E-state index contributed by atoms with van der Waals surface area (Å²) in [6.07, 6.45) is 4.28. The zero-order valence-corrected chi connectivity index (χ0v) is 17.3. The number of nitriles is 1. The van der Waals surface area contributed by atoms with E-state index in [1.807, 2.05) is 6.07 Å². The summed E-state index contributed by atoms with van der Waals surface area (Å²) in [6.45, 7) is 0.257. The van der Waals surface area contributed by atoms with E-state index < -0.39 is 17.4 Å². The number of anilines is 2. The predicted molar refractivity (Wildman–Crippen MR) is 116 cm³/mol. The van der Waals surface area contributed by atoms with Crippen molar-refractivity contribution in [2.75, 3.05) is 5.32 Å². The first kappa shape index (κ1) is 21.7. The van der Waals surface area contributed by atoms with Crippen molar-refractivity contribution in [3.05, 3.63) is 78.1 Å². The molecular weight excluding hydrogens is 427 g/mol. The van der Waals surface area contributed by atoms with Crippen molar-refractivity contribution in [1.29, 1.82) is 5.26 Å². The number of carbonyl (C=O) groups excluding carboxylic acids is 2. The summed E-state index contributed by atoms with van der Waals surface area (Å²) in [5.74, 6) is -0.713. The number of amides is 2. The van der Waals surface area contributed by atoms with Crippen LogP contribution in [0, 0.1) is 17.1 Å². The average Bonchev–Trinajstić information content (AvgIpc) is 3.59. The summed E-state index contributed by atoms with van der Waals surface area (Å²) in [6, 6.07) is 13.3. The summed E-state index contributed by atoms with van der Waals surface area (Å²) >= 11 is 0. The van der Waals surface area contributed by atoms with Gasteiger partial charge in [0.1, 0.15) is 29.3 Å². The minimum absolute atomic E-state index is 0.0608. The van der Waals surface area contributed by atoms with Gasteiger partial charge >= 0.3 is 6.09 Å². The van der Waals surface area contributed by atoms with Crippen LogP contribution in [0.5, 0.6) is 5.75 Å². The van der Waals surface area contributed by atoms with Crippen molar-refractivity contribution in [2.24, 2.45) is 0 Å². The fourth-order valence-electron chi connectivity index (χ4n) is 3.15. The molecule has 3 aromatic rings.